The fourth-order valence-electron chi connectivity index (χ4n) is 1.17. The van der Waals surface area contributed by atoms with Crippen molar-refractivity contribution in [1.29, 1.82) is 0 Å². The van der Waals surface area contributed by atoms with Crippen molar-refractivity contribution in [1.82, 2.24) is 5.32 Å². The van der Waals surface area contributed by atoms with Crippen molar-refractivity contribution in [2.24, 2.45) is 0 Å². The zero-order valence-electron chi connectivity index (χ0n) is 8.70. The van der Waals surface area contributed by atoms with Crippen molar-refractivity contribution in [3.05, 3.63) is 33.5 Å². The zero-order chi connectivity index (χ0) is 10.7. The maximum Gasteiger partial charge on any atom is 0.128 e. The van der Waals surface area contributed by atoms with Crippen molar-refractivity contribution in [2.45, 2.75) is 33.4 Å². The number of halogens is 2. The van der Waals surface area contributed by atoms with E-state index in [0.29, 0.717) is 12.6 Å². The monoisotopic (exact) mass is 259 g/mol. The summed E-state index contributed by atoms with van der Waals surface area (Å²) in [7, 11) is 0. The van der Waals surface area contributed by atoms with E-state index in [1.807, 2.05) is 26.8 Å². The Balaban J connectivity index is 2.82. The second-order valence-electron chi connectivity index (χ2n) is 3.73. The number of rotatable bonds is 3. The van der Waals surface area contributed by atoms with Crippen LogP contribution in [-0.4, -0.2) is 6.04 Å². The van der Waals surface area contributed by atoms with Gasteiger partial charge < -0.3 is 5.32 Å². The first kappa shape index (κ1) is 11.7. The Labute approximate surface area is 92.8 Å². The first-order valence-corrected chi connectivity index (χ1v) is 5.48. The van der Waals surface area contributed by atoms with E-state index >= 15 is 0 Å². The third-order valence-corrected chi connectivity index (χ3v) is 2.88. The van der Waals surface area contributed by atoms with Gasteiger partial charge in [0.15, 0.2) is 0 Å². The van der Waals surface area contributed by atoms with Gasteiger partial charge in [0.05, 0.1) is 0 Å². The summed E-state index contributed by atoms with van der Waals surface area (Å²) >= 11 is 3.30. The van der Waals surface area contributed by atoms with Gasteiger partial charge in [-0.15, -0.1) is 0 Å². The Morgan fingerprint density at radius 1 is 1.43 bits per heavy atom. The molecule has 0 saturated heterocycles. The SMILES string of the molecule is Cc1cc(CNC(C)C)c(F)cc1Br. The Morgan fingerprint density at radius 2 is 2.07 bits per heavy atom. The molecule has 0 bridgehead atoms. The number of hydrogen-bond acceptors (Lipinski definition) is 1. The lowest BCUT2D eigenvalue weighted by Gasteiger charge is -2.10. The van der Waals surface area contributed by atoms with Gasteiger partial charge in [-0.05, 0) is 18.6 Å². The zero-order valence-corrected chi connectivity index (χ0v) is 10.3. The van der Waals surface area contributed by atoms with Crippen LogP contribution in [0.3, 0.4) is 0 Å². The molecule has 0 aliphatic heterocycles. The average molecular weight is 260 g/mol. The summed E-state index contributed by atoms with van der Waals surface area (Å²) in [6.45, 7) is 6.63. The Hall–Kier alpha value is -0.410. The molecule has 1 nitrogen and oxygen atoms in total. The minimum atomic E-state index is -0.157. The first-order chi connectivity index (χ1) is 6.50. The molecule has 0 unspecified atom stereocenters. The van der Waals surface area contributed by atoms with E-state index in [-0.39, 0.29) is 5.82 Å². The molecule has 0 aliphatic rings. The highest BCUT2D eigenvalue weighted by molar-refractivity contribution is 9.10. The molecule has 14 heavy (non-hydrogen) atoms. The van der Waals surface area contributed by atoms with Gasteiger partial charge in [0.25, 0.3) is 0 Å². The summed E-state index contributed by atoms with van der Waals surface area (Å²) < 4.78 is 14.2. The summed E-state index contributed by atoms with van der Waals surface area (Å²) in [6.07, 6.45) is 0. The third-order valence-electron chi connectivity index (χ3n) is 2.03. The van der Waals surface area contributed by atoms with Gasteiger partial charge in [-0.1, -0.05) is 35.8 Å². The molecule has 0 aromatic heterocycles. The van der Waals surface area contributed by atoms with Crippen LogP contribution in [0.25, 0.3) is 0 Å². The molecule has 0 heterocycles. The Kier molecular flexibility index (Phi) is 4.08. The molecule has 0 atom stereocenters. The van der Waals surface area contributed by atoms with Crippen LogP contribution in [0, 0.1) is 12.7 Å². The third kappa shape index (κ3) is 3.07. The standard InChI is InChI=1S/C11H15BrFN/c1-7(2)14-6-9-4-8(3)10(12)5-11(9)13/h4-5,7,14H,6H2,1-3H3. The molecule has 3 heteroatoms. The van der Waals surface area contributed by atoms with E-state index in [2.05, 4.69) is 21.2 Å². The number of benzene rings is 1. The van der Waals surface area contributed by atoms with Crippen molar-refractivity contribution in [2.75, 3.05) is 0 Å². The minimum absolute atomic E-state index is 0.157. The van der Waals surface area contributed by atoms with E-state index < -0.39 is 0 Å². The van der Waals surface area contributed by atoms with Crippen LogP contribution in [-0.2, 0) is 6.54 Å². The molecule has 1 rings (SSSR count). The van der Waals surface area contributed by atoms with Gasteiger partial charge in [0.1, 0.15) is 5.82 Å². The maximum atomic E-state index is 13.4. The smallest absolute Gasteiger partial charge is 0.128 e. The predicted molar refractivity (Wildman–Crippen MR) is 60.8 cm³/mol. The van der Waals surface area contributed by atoms with E-state index in [0.717, 1.165) is 15.6 Å². The number of nitrogens with one attached hydrogen (secondary N) is 1. The van der Waals surface area contributed by atoms with E-state index in [4.69, 9.17) is 0 Å². The lowest BCUT2D eigenvalue weighted by Crippen LogP contribution is -2.22. The van der Waals surface area contributed by atoms with Gasteiger partial charge in [0, 0.05) is 22.6 Å². The molecular weight excluding hydrogens is 245 g/mol. The second-order valence-corrected chi connectivity index (χ2v) is 4.58. The quantitative estimate of drug-likeness (QED) is 0.878. The minimum Gasteiger partial charge on any atom is -0.310 e. The topological polar surface area (TPSA) is 12.0 Å². The molecule has 78 valence electrons. The van der Waals surface area contributed by atoms with Gasteiger partial charge in [0.2, 0.25) is 0 Å². The van der Waals surface area contributed by atoms with Crippen LogP contribution in [0.15, 0.2) is 16.6 Å². The molecule has 1 N–H and O–H groups in total. The van der Waals surface area contributed by atoms with Gasteiger partial charge in [-0.25, -0.2) is 4.39 Å². The van der Waals surface area contributed by atoms with Gasteiger partial charge in [-0.2, -0.15) is 0 Å². The van der Waals surface area contributed by atoms with Gasteiger partial charge in [-0.3, -0.25) is 0 Å². The van der Waals surface area contributed by atoms with Crippen LogP contribution < -0.4 is 5.32 Å². The maximum absolute atomic E-state index is 13.4. The van der Waals surface area contributed by atoms with Crippen LogP contribution in [0.5, 0.6) is 0 Å². The molecule has 0 spiro atoms. The van der Waals surface area contributed by atoms with Crippen LogP contribution >= 0.6 is 15.9 Å². The number of hydrogen-bond donors (Lipinski definition) is 1. The summed E-state index contributed by atoms with van der Waals surface area (Å²) in [4.78, 5) is 0. The average Bonchev–Trinajstić information content (AvgIpc) is 2.09. The Bertz CT molecular complexity index is 323. The fraction of sp³-hybridized carbons (Fsp3) is 0.455. The molecule has 0 radical (unpaired) electrons. The summed E-state index contributed by atoms with van der Waals surface area (Å²) in [6, 6.07) is 3.76. The lowest BCUT2D eigenvalue weighted by atomic mass is 10.1. The predicted octanol–water partition coefficient (Wildman–Crippen LogP) is 3.39. The highest BCUT2D eigenvalue weighted by atomic mass is 79.9. The fourth-order valence-corrected chi connectivity index (χ4v) is 1.48. The first-order valence-electron chi connectivity index (χ1n) is 4.68. The molecule has 1 aromatic rings. The van der Waals surface area contributed by atoms with Gasteiger partial charge >= 0.3 is 0 Å². The molecule has 0 aliphatic carbocycles. The molecule has 1 aromatic carbocycles. The van der Waals surface area contributed by atoms with E-state index in [1.165, 1.54) is 6.07 Å². The van der Waals surface area contributed by atoms with Crippen LogP contribution in [0.1, 0.15) is 25.0 Å². The van der Waals surface area contributed by atoms with Crippen molar-refractivity contribution >= 4 is 15.9 Å². The van der Waals surface area contributed by atoms with E-state index in [1.54, 1.807) is 0 Å². The number of aryl methyl sites for hydroxylation is 1. The highest BCUT2D eigenvalue weighted by Crippen LogP contribution is 2.20. The van der Waals surface area contributed by atoms with Crippen molar-refractivity contribution < 1.29 is 4.39 Å². The lowest BCUT2D eigenvalue weighted by molar-refractivity contribution is 0.552. The molecule has 0 saturated carbocycles. The van der Waals surface area contributed by atoms with Crippen molar-refractivity contribution in [3.63, 3.8) is 0 Å². The summed E-state index contributed by atoms with van der Waals surface area (Å²) in [5.74, 6) is -0.157. The van der Waals surface area contributed by atoms with E-state index in [9.17, 15) is 4.39 Å². The summed E-state index contributed by atoms with van der Waals surface area (Å²) in [5, 5.41) is 3.19. The molecular formula is C11H15BrFN. The summed E-state index contributed by atoms with van der Waals surface area (Å²) in [5.41, 5.74) is 1.78. The second kappa shape index (κ2) is 4.89. The van der Waals surface area contributed by atoms with Crippen LogP contribution in [0.4, 0.5) is 4.39 Å². The molecule has 0 fully saturated rings. The normalized spacial score (nSPS) is 11.0. The molecule has 0 amide bonds. The highest BCUT2D eigenvalue weighted by Gasteiger charge is 2.05. The largest absolute Gasteiger partial charge is 0.310 e. The Morgan fingerprint density at radius 3 is 2.64 bits per heavy atom. The van der Waals surface area contributed by atoms with Crippen molar-refractivity contribution in [3.8, 4) is 0 Å². The van der Waals surface area contributed by atoms with Crippen LogP contribution in [0.2, 0.25) is 0 Å².